The molecule has 0 aliphatic carbocycles. The molecule has 3 rings (SSSR count). The van der Waals surface area contributed by atoms with E-state index in [0.717, 1.165) is 29.7 Å². The maximum atomic E-state index is 12.7. The quantitative estimate of drug-likeness (QED) is 0.580. The van der Waals surface area contributed by atoms with Gasteiger partial charge < -0.3 is 19.9 Å². The van der Waals surface area contributed by atoms with Crippen LogP contribution in [0.4, 0.5) is 4.79 Å². The second kappa shape index (κ2) is 10.8. The number of ether oxygens (including phenoxy) is 1. The first kappa shape index (κ1) is 22.7. The van der Waals surface area contributed by atoms with Gasteiger partial charge in [0.2, 0.25) is 5.91 Å². The standard InChI is InChI=1S/C25H33N3O3/c1-4-5-15-31-23-11-9-22(10-12-23)20(3)26-24(29)18-28-14-13-27(25(28)30)17-21-8-6-7-19(2)16-21/h6-12,16,20H,4-5,13-15,17-18H2,1-3H3,(H,26,29)/t20-/m0/s1. The molecular weight excluding hydrogens is 390 g/mol. The van der Waals surface area contributed by atoms with Crippen LogP contribution in [0.3, 0.4) is 0 Å². The van der Waals surface area contributed by atoms with Crippen LogP contribution in [0.5, 0.6) is 5.75 Å². The number of hydrogen-bond acceptors (Lipinski definition) is 3. The van der Waals surface area contributed by atoms with Crippen LogP contribution in [0.25, 0.3) is 0 Å². The zero-order chi connectivity index (χ0) is 22.2. The fourth-order valence-electron chi connectivity index (χ4n) is 3.69. The van der Waals surface area contributed by atoms with E-state index in [1.54, 1.807) is 9.80 Å². The summed E-state index contributed by atoms with van der Waals surface area (Å²) in [7, 11) is 0. The van der Waals surface area contributed by atoms with Gasteiger partial charge in [0.05, 0.1) is 12.6 Å². The maximum Gasteiger partial charge on any atom is 0.320 e. The summed E-state index contributed by atoms with van der Waals surface area (Å²) >= 11 is 0. The zero-order valence-corrected chi connectivity index (χ0v) is 18.8. The average Bonchev–Trinajstić information content (AvgIpc) is 3.08. The van der Waals surface area contributed by atoms with E-state index < -0.39 is 0 Å². The van der Waals surface area contributed by atoms with E-state index >= 15 is 0 Å². The first-order valence-electron chi connectivity index (χ1n) is 11.1. The molecule has 31 heavy (non-hydrogen) atoms. The largest absolute Gasteiger partial charge is 0.494 e. The van der Waals surface area contributed by atoms with Crippen LogP contribution in [-0.4, -0.2) is 48.0 Å². The van der Waals surface area contributed by atoms with Crippen LogP contribution in [0.1, 0.15) is 49.4 Å². The Kier molecular flexibility index (Phi) is 7.93. The summed E-state index contributed by atoms with van der Waals surface area (Å²) in [4.78, 5) is 28.6. The van der Waals surface area contributed by atoms with Gasteiger partial charge in [-0.25, -0.2) is 4.79 Å². The molecule has 0 radical (unpaired) electrons. The molecular formula is C25H33N3O3. The molecule has 0 bridgehead atoms. The van der Waals surface area contributed by atoms with Gasteiger partial charge in [-0.05, 0) is 43.5 Å². The summed E-state index contributed by atoms with van der Waals surface area (Å²) < 4.78 is 5.69. The summed E-state index contributed by atoms with van der Waals surface area (Å²) in [5.41, 5.74) is 3.29. The third kappa shape index (κ3) is 6.48. The highest BCUT2D eigenvalue weighted by molar-refractivity contribution is 5.85. The van der Waals surface area contributed by atoms with Crippen molar-refractivity contribution in [2.45, 2.75) is 46.2 Å². The minimum absolute atomic E-state index is 0.0751. The molecule has 0 saturated carbocycles. The smallest absolute Gasteiger partial charge is 0.320 e. The Morgan fingerprint density at radius 3 is 2.58 bits per heavy atom. The molecule has 0 spiro atoms. The molecule has 3 amide bonds. The van der Waals surface area contributed by atoms with Gasteiger partial charge in [-0.3, -0.25) is 4.79 Å². The van der Waals surface area contributed by atoms with E-state index in [-0.39, 0.29) is 24.5 Å². The van der Waals surface area contributed by atoms with Gasteiger partial charge in [0.1, 0.15) is 12.3 Å². The van der Waals surface area contributed by atoms with Gasteiger partial charge in [0.15, 0.2) is 0 Å². The van der Waals surface area contributed by atoms with Crippen LogP contribution in [0, 0.1) is 6.92 Å². The molecule has 1 aliphatic rings. The topological polar surface area (TPSA) is 61.9 Å². The lowest BCUT2D eigenvalue weighted by Gasteiger charge is -2.20. The number of aryl methyl sites for hydroxylation is 1. The SMILES string of the molecule is CCCCOc1ccc([C@H](C)NC(=O)CN2CCN(Cc3cccc(C)c3)C2=O)cc1. The van der Waals surface area contributed by atoms with Crippen molar-refractivity contribution in [3.63, 3.8) is 0 Å². The Morgan fingerprint density at radius 2 is 1.87 bits per heavy atom. The van der Waals surface area contributed by atoms with E-state index in [1.807, 2.05) is 56.3 Å². The second-order valence-corrected chi connectivity index (χ2v) is 8.17. The highest BCUT2D eigenvalue weighted by Crippen LogP contribution is 2.19. The normalized spacial score (nSPS) is 14.6. The molecule has 0 aromatic heterocycles. The Hall–Kier alpha value is -3.02. The van der Waals surface area contributed by atoms with Crippen molar-refractivity contribution in [2.24, 2.45) is 0 Å². The number of rotatable bonds is 10. The number of nitrogens with one attached hydrogen (secondary N) is 1. The molecule has 2 aromatic carbocycles. The van der Waals surface area contributed by atoms with Gasteiger partial charge in [0, 0.05) is 19.6 Å². The van der Waals surface area contributed by atoms with Crippen molar-refractivity contribution < 1.29 is 14.3 Å². The molecule has 2 aromatic rings. The molecule has 1 atom stereocenters. The number of nitrogens with zero attached hydrogens (tertiary/aromatic N) is 2. The minimum Gasteiger partial charge on any atom is -0.494 e. The lowest BCUT2D eigenvalue weighted by Crippen LogP contribution is -2.40. The van der Waals surface area contributed by atoms with Crippen LogP contribution >= 0.6 is 0 Å². The molecule has 1 fully saturated rings. The first-order chi connectivity index (χ1) is 15.0. The Bertz CT molecular complexity index is 882. The van der Waals surface area contributed by atoms with E-state index in [9.17, 15) is 9.59 Å². The van der Waals surface area contributed by atoms with Crippen molar-refractivity contribution in [1.82, 2.24) is 15.1 Å². The van der Waals surface area contributed by atoms with Crippen LogP contribution in [0.2, 0.25) is 0 Å². The van der Waals surface area contributed by atoms with Gasteiger partial charge >= 0.3 is 6.03 Å². The lowest BCUT2D eigenvalue weighted by molar-refractivity contribution is -0.122. The van der Waals surface area contributed by atoms with Crippen molar-refractivity contribution in [3.8, 4) is 5.75 Å². The molecule has 1 aliphatic heterocycles. The second-order valence-electron chi connectivity index (χ2n) is 8.17. The van der Waals surface area contributed by atoms with E-state index in [1.165, 1.54) is 5.56 Å². The van der Waals surface area contributed by atoms with Crippen molar-refractivity contribution in [1.29, 1.82) is 0 Å². The zero-order valence-electron chi connectivity index (χ0n) is 18.8. The van der Waals surface area contributed by atoms with Crippen molar-refractivity contribution >= 4 is 11.9 Å². The summed E-state index contributed by atoms with van der Waals surface area (Å²) in [6.45, 7) is 8.68. The van der Waals surface area contributed by atoms with Gasteiger partial charge in [-0.15, -0.1) is 0 Å². The third-order valence-electron chi connectivity index (χ3n) is 5.50. The summed E-state index contributed by atoms with van der Waals surface area (Å²) in [5.74, 6) is 0.689. The fourth-order valence-corrected chi connectivity index (χ4v) is 3.69. The molecule has 6 nitrogen and oxygen atoms in total. The van der Waals surface area contributed by atoms with Crippen LogP contribution in [0.15, 0.2) is 48.5 Å². The van der Waals surface area contributed by atoms with E-state index in [2.05, 4.69) is 18.3 Å². The molecule has 1 saturated heterocycles. The predicted octanol–water partition coefficient (Wildman–Crippen LogP) is 4.29. The Labute approximate surface area is 185 Å². The molecule has 1 heterocycles. The molecule has 1 N–H and O–H groups in total. The van der Waals surface area contributed by atoms with Crippen molar-refractivity contribution in [2.75, 3.05) is 26.2 Å². The lowest BCUT2D eigenvalue weighted by atomic mass is 10.1. The van der Waals surface area contributed by atoms with Crippen LogP contribution in [-0.2, 0) is 11.3 Å². The molecule has 166 valence electrons. The summed E-state index contributed by atoms with van der Waals surface area (Å²) in [6.07, 6.45) is 2.14. The van der Waals surface area contributed by atoms with Gasteiger partial charge in [-0.2, -0.15) is 0 Å². The highest BCUT2D eigenvalue weighted by atomic mass is 16.5. The number of hydrogen-bond donors (Lipinski definition) is 1. The number of urea groups is 1. The predicted molar refractivity (Wildman–Crippen MR) is 122 cm³/mol. The number of carbonyl (C=O) groups excluding carboxylic acids is 2. The van der Waals surface area contributed by atoms with E-state index in [4.69, 9.17) is 4.74 Å². The highest BCUT2D eigenvalue weighted by Gasteiger charge is 2.30. The van der Waals surface area contributed by atoms with Gasteiger partial charge in [0.25, 0.3) is 0 Å². The molecule has 6 heteroatoms. The monoisotopic (exact) mass is 423 g/mol. The van der Waals surface area contributed by atoms with E-state index in [0.29, 0.717) is 26.2 Å². The number of unbranched alkanes of at least 4 members (excludes halogenated alkanes) is 1. The number of amides is 3. The number of carbonyl (C=O) groups is 2. The minimum atomic E-state index is -0.151. The fraction of sp³-hybridized carbons (Fsp3) is 0.440. The summed E-state index contributed by atoms with van der Waals surface area (Å²) in [5, 5.41) is 3.00. The molecule has 0 unspecified atom stereocenters. The van der Waals surface area contributed by atoms with Crippen molar-refractivity contribution in [3.05, 3.63) is 65.2 Å². The first-order valence-corrected chi connectivity index (χ1v) is 11.1. The average molecular weight is 424 g/mol. The van der Waals surface area contributed by atoms with Crippen LogP contribution < -0.4 is 10.1 Å². The Morgan fingerprint density at radius 1 is 1.13 bits per heavy atom. The Balaban J connectivity index is 1.47. The van der Waals surface area contributed by atoms with Gasteiger partial charge in [-0.1, -0.05) is 55.3 Å². The maximum absolute atomic E-state index is 12.7. The summed E-state index contributed by atoms with van der Waals surface area (Å²) in [6, 6.07) is 15.7. The number of benzene rings is 2. The third-order valence-corrected chi connectivity index (χ3v) is 5.50.